The van der Waals surface area contributed by atoms with Crippen LogP contribution in [0, 0.1) is 5.82 Å². The van der Waals surface area contributed by atoms with Crippen molar-refractivity contribution in [3.05, 3.63) is 84.2 Å². The molecule has 0 amide bonds. The highest BCUT2D eigenvalue weighted by Gasteiger charge is 2.12. The van der Waals surface area contributed by atoms with Crippen LogP contribution in [0.15, 0.2) is 72.3 Å². The van der Waals surface area contributed by atoms with E-state index in [4.69, 9.17) is 10.8 Å². The zero-order valence-electron chi connectivity index (χ0n) is 18.0. The van der Waals surface area contributed by atoms with E-state index in [9.17, 15) is 17.6 Å². The van der Waals surface area contributed by atoms with E-state index in [-0.39, 0.29) is 22.4 Å². The number of carbonyl (C=O) groups is 1. The Hall–Kier alpha value is -3.63. The summed E-state index contributed by atoms with van der Waals surface area (Å²) in [5.41, 5.74) is 8.20. The van der Waals surface area contributed by atoms with E-state index in [0.717, 1.165) is 23.9 Å². The SMILES string of the molecule is CC[C@H](N)c1ccc(S(C)(=O)=O)nc1.O=C(O)c1cncc2c1ccn2-c1ccc(F)cc1. The van der Waals surface area contributed by atoms with Crippen molar-refractivity contribution >= 4 is 26.7 Å². The van der Waals surface area contributed by atoms with E-state index in [2.05, 4.69) is 9.97 Å². The second-order valence-corrected chi connectivity index (χ2v) is 9.27. The fraction of sp³-hybridized carbons (Fsp3) is 0.174. The fourth-order valence-electron chi connectivity index (χ4n) is 3.12. The lowest BCUT2D eigenvalue weighted by atomic mass is 10.1. The second-order valence-electron chi connectivity index (χ2n) is 7.30. The van der Waals surface area contributed by atoms with Crippen LogP contribution in [-0.2, 0) is 9.84 Å². The predicted octanol–water partition coefficient (Wildman–Crippen LogP) is 3.76. The number of carboxylic acid groups (broad SMARTS) is 1. The predicted molar refractivity (Wildman–Crippen MR) is 123 cm³/mol. The van der Waals surface area contributed by atoms with Crippen molar-refractivity contribution in [1.82, 2.24) is 14.5 Å². The van der Waals surface area contributed by atoms with Crippen LogP contribution in [0.25, 0.3) is 16.6 Å². The molecule has 0 spiro atoms. The van der Waals surface area contributed by atoms with E-state index in [1.807, 2.05) is 6.92 Å². The number of halogens is 1. The number of pyridine rings is 2. The molecule has 0 fully saturated rings. The standard InChI is InChI=1S/C14H9FN2O2.C9H14N2O2S/c15-9-1-3-10(4-2-9)17-6-5-11-12(14(18)19)7-16-8-13(11)17;1-3-8(10)7-4-5-9(11-6-7)14(2,12)13/h1-8H,(H,18,19);4-6,8H,3,10H2,1-2H3/t;8-/m.0/s1. The van der Waals surface area contributed by atoms with Gasteiger partial charge in [0.15, 0.2) is 14.9 Å². The molecule has 172 valence electrons. The van der Waals surface area contributed by atoms with Gasteiger partial charge < -0.3 is 15.4 Å². The summed E-state index contributed by atoms with van der Waals surface area (Å²) < 4.78 is 36.9. The number of fused-ring (bicyclic) bond motifs is 1. The van der Waals surface area contributed by atoms with Gasteiger partial charge in [-0.05, 0) is 48.4 Å². The van der Waals surface area contributed by atoms with E-state index >= 15 is 0 Å². The first-order valence-electron chi connectivity index (χ1n) is 9.97. The minimum atomic E-state index is -3.20. The number of nitrogens with zero attached hydrogens (tertiary/aromatic N) is 3. The van der Waals surface area contributed by atoms with Crippen LogP contribution in [0.2, 0.25) is 0 Å². The molecule has 0 aliphatic heterocycles. The molecular weight excluding hydrogens is 447 g/mol. The van der Waals surface area contributed by atoms with Gasteiger partial charge in [-0.2, -0.15) is 0 Å². The summed E-state index contributed by atoms with van der Waals surface area (Å²) in [6, 6.07) is 10.8. The first-order chi connectivity index (χ1) is 15.6. The minimum absolute atomic E-state index is 0.0730. The summed E-state index contributed by atoms with van der Waals surface area (Å²) in [5.74, 6) is -1.33. The Kier molecular flexibility index (Phi) is 7.19. The smallest absolute Gasteiger partial charge is 0.337 e. The molecule has 0 aliphatic rings. The first kappa shape index (κ1) is 24.0. The third kappa shape index (κ3) is 5.60. The Morgan fingerprint density at radius 2 is 1.82 bits per heavy atom. The molecule has 3 N–H and O–H groups in total. The maximum absolute atomic E-state index is 12.9. The molecule has 10 heteroatoms. The average Bonchev–Trinajstić information content (AvgIpc) is 3.23. The Balaban J connectivity index is 0.000000196. The molecule has 0 unspecified atom stereocenters. The third-order valence-electron chi connectivity index (χ3n) is 4.96. The lowest BCUT2D eigenvalue weighted by molar-refractivity contribution is 0.0698. The largest absolute Gasteiger partial charge is 0.478 e. The third-order valence-corrected chi connectivity index (χ3v) is 5.96. The maximum Gasteiger partial charge on any atom is 0.337 e. The monoisotopic (exact) mass is 470 g/mol. The van der Waals surface area contributed by atoms with Gasteiger partial charge in [-0.1, -0.05) is 13.0 Å². The zero-order valence-corrected chi connectivity index (χ0v) is 18.8. The van der Waals surface area contributed by atoms with Crippen molar-refractivity contribution in [1.29, 1.82) is 0 Å². The zero-order chi connectivity index (χ0) is 24.2. The average molecular weight is 471 g/mol. The van der Waals surface area contributed by atoms with Crippen LogP contribution >= 0.6 is 0 Å². The van der Waals surface area contributed by atoms with Crippen LogP contribution < -0.4 is 5.73 Å². The molecule has 0 radical (unpaired) electrons. The Morgan fingerprint density at radius 3 is 2.36 bits per heavy atom. The number of sulfone groups is 1. The summed E-state index contributed by atoms with van der Waals surface area (Å²) in [4.78, 5) is 18.9. The van der Waals surface area contributed by atoms with Gasteiger partial charge in [0.05, 0.1) is 17.3 Å². The van der Waals surface area contributed by atoms with E-state index in [0.29, 0.717) is 10.9 Å². The molecule has 4 aromatic rings. The van der Waals surface area contributed by atoms with Crippen LogP contribution in [-0.4, -0.2) is 40.3 Å². The molecule has 1 atom stereocenters. The lowest BCUT2D eigenvalue weighted by Gasteiger charge is -2.08. The van der Waals surface area contributed by atoms with Crippen molar-refractivity contribution in [2.45, 2.75) is 24.4 Å². The van der Waals surface area contributed by atoms with Gasteiger partial charge in [0, 0.05) is 42.0 Å². The van der Waals surface area contributed by atoms with Gasteiger partial charge in [-0.3, -0.25) is 4.98 Å². The van der Waals surface area contributed by atoms with Gasteiger partial charge in [-0.15, -0.1) is 0 Å². The van der Waals surface area contributed by atoms with Crippen LogP contribution in [0.4, 0.5) is 4.39 Å². The second kappa shape index (κ2) is 9.88. The number of hydrogen-bond donors (Lipinski definition) is 2. The highest BCUT2D eigenvalue weighted by atomic mass is 32.2. The molecule has 33 heavy (non-hydrogen) atoms. The van der Waals surface area contributed by atoms with E-state index < -0.39 is 15.8 Å². The Bertz CT molecular complexity index is 1370. The summed E-state index contributed by atoms with van der Waals surface area (Å²) in [6.07, 6.45) is 8.11. The van der Waals surface area contributed by atoms with Gasteiger partial charge in [0.25, 0.3) is 0 Å². The summed E-state index contributed by atoms with van der Waals surface area (Å²) in [7, 11) is -3.20. The van der Waals surface area contributed by atoms with Gasteiger partial charge >= 0.3 is 5.97 Å². The topological polar surface area (TPSA) is 128 Å². The molecule has 0 saturated carbocycles. The number of nitrogens with two attached hydrogens (primary N) is 1. The molecule has 4 rings (SSSR count). The van der Waals surface area contributed by atoms with Crippen molar-refractivity contribution in [3.63, 3.8) is 0 Å². The Labute approximate surface area is 190 Å². The number of carboxylic acids is 1. The maximum atomic E-state index is 12.9. The van der Waals surface area contributed by atoms with Gasteiger partial charge in [-0.25, -0.2) is 22.6 Å². The quantitative estimate of drug-likeness (QED) is 0.454. The summed E-state index contributed by atoms with van der Waals surface area (Å²) in [5, 5.41) is 9.79. The van der Waals surface area contributed by atoms with E-state index in [1.165, 1.54) is 30.6 Å². The summed E-state index contributed by atoms with van der Waals surface area (Å²) in [6.45, 7) is 1.97. The lowest BCUT2D eigenvalue weighted by Crippen LogP contribution is -2.10. The molecule has 0 saturated heterocycles. The number of rotatable bonds is 5. The number of hydrogen-bond acceptors (Lipinski definition) is 6. The number of aromatic carboxylic acids is 1. The molecule has 1 aromatic carbocycles. The van der Waals surface area contributed by atoms with Crippen LogP contribution in [0.5, 0.6) is 0 Å². The van der Waals surface area contributed by atoms with Crippen LogP contribution in [0.3, 0.4) is 0 Å². The normalized spacial score (nSPS) is 12.1. The summed E-state index contributed by atoms with van der Waals surface area (Å²) >= 11 is 0. The highest BCUT2D eigenvalue weighted by Crippen LogP contribution is 2.23. The van der Waals surface area contributed by atoms with E-state index in [1.54, 1.807) is 41.2 Å². The molecule has 3 aromatic heterocycles. The molecule has 8 nitrogen and oxygen atoms in total. The molecule has 0 aliphatic carbocycles. The molecule has 0 bridgehead atoms. The Morgan fingerprint density at radius 1 is 1.12 bits per heavy atom. The van der Waals surface area contributed by atoms with Crippen molar-refractivity contribution in [2.24, 2.45) is 5.73 Å². The number of aromatic nitrogens is 3. The van der Waals surface area contributed by atoms with Gasteiger partial charge in [0.1, 0.15) is 5.82 Å². The van der Waals surface area contributed by atoms with Crippen LogP contribution in [0.1, 0.15) is 35.3 Å². The molecular formula is C23H23FN4O4S. The fourth-order valence-corrected chi connectivity index (χ4v) is 3.68. The number of benzene rings is 1. The minimum Gasteiger partial charge on any atom is -0.478 e. The van der Waals surface area contributed by atoms with Crippen molar-refractivity contribution in [3.8, 4) is 5.69 Å². The first-order valence-corrected chi connectivity index (χ1v) is 11.9. The van der Waals surface area contributed by atoms with Crippen molar-refractivity contribution < 1.29 is 22.7 Å². The van der Waals surface area contributed by atoms with Crippen molar-refractivity contribution in [2.75, 3.05) is 6.26 Å². The highest BCUT2D eigenvalue weighted by molar-refractivity contribution is 7.90. The van der Waals surface area contributed by atoms with Gasteiger partial charge in [0.2, 0.25) is 0 Å². The molecule has 3 heterocycles.